The topological polar surface area (TPSA) is 138 Å². The maximum Gasteiger partial charge on any atom is 0.349 e. The molecule has 3 aromatic carbocycles. The average molecular weight is 468 g/mol. The van der Waals surface area contributed by atoms with Crippen molar-refractivity contribution >= 4 is 27.6 Å². The van der Waals surface area contributed by atoms with Crippen LogP contribution in [0.2, 0.25) is 0 Å². The molecule has 0 radical (unpaired) electrons. The minimum Gasteiger partial charge on any atom is -0.324 e. The van der Waals surface area contributed by atoms with E-state index in [1.807, 2.05) is 4.83 Å². The molecule has 4 N–H and O–H groups in total. The van der Waals surface area contributed by atoms with Crippen molar-refractivity contribution in [2.75, 3.05) is 5.32 Å². The molecule has 0 saturated heterocycles. The zero-order valence-electron chi connectivity index (χ0n) is 16.8. The molecular weight excluding hydrogens is 451 g/mol. The first kappa shape index (κ1) is 21.9. The Balaban J connectivity index is 1.40. The van der Waals surface area contributed by atoms with Gasteiger partial charge in [-0.15, -0.1) is 9.93 Å². The molecule has 12 heteroatoms. The molecule has 0 aliphatic carbocycles. The Morgan fingerprint density at radius 2 is 1.61 bits per heavy atom. The molecule has 0 saturated carbocycles. The van der Waals surface area contributed by atoms with Gasteiger partial charge in [0, 0.05) is 11.3 Å². The first-order chi connectivity index (χ1) is 15.8. The first-order valence-corrected chi connectivity index (χ1v) is 11.0. The molecule has 1 amide bonds. The Morgan fingerprint density at radius 1 is 0.939 bits per heavy atom. The number of anilines is 2. The van der Waals surface area contributed by atoms with Crippen molar-refractivity contribution in [3.63, 3.8) is 0 Å². The fourth-order valence-electron chi connectivity index (χ4n) is 2.82. The van der Waals surface area contributed by atoms with Crippen LogP contribution in [0.4, 0.5) is 16.0 Å². The van der Waals surface area contributed by atoms with E-state index >= 15 is 0 Å². The standard InChI is InChI=1S/C21H17FN6O4S/c22-15-8-12-17(13-9-15)28-21(30)24-20(26-28)23-16-10-6-14(7-11-16)19(29)25-27-33(31,32)18-4-2-1-3-5-18/h1-13,27H,(H,25,29)(H2,23,24,26,30). The number of H-pyrrole nitrogens is 1. The fraction of sp³-hybridized carbons (Fsp3) is 0. The highest BCUT2D eigenvalue weighted by Gasteiger charge is 2.15. The predicted octanol–water partition coefficient (Wildman–Crippen LogP) is 2.07. The lowest BCUT2D eigenvalue weighted by molar-refractivity contribution is 0.0945. The van der Waals surface area contributed by atoms with Gasteiger partial charge in [-0.1, -0.05) is 18.2 Å². The van der Waals surface area contributed by atoms with Gasteiger partial charge in [0.05, 0.1) is 10.6 Å². The van der Waals surface area contributed by atoms with Crippen LogP contribution < -0.4 is 21.3 Å². The molecule has 1 aromatic heterocycles. The van der Waals surface area contributed by atoms with Crippen molar-refractivity contribution in [3.8, 4) is 5.69 Å². The Morgan fingerprint density at radius 3 is 2.27 bits per heavy atom. The SMILES string of the molecule is O=C(NNS(=O)(=O)c1ccccc1)c1ccc(Nc2nn(-c3ccc(F)cc3)c(=O)[nH]2)cc1. The lowest BCUT2D eigenvalue weighted by Crippen LogP contribution is -2.41. The van der Waals surface area contributed by atoms with E-state index in [1.54, 1.807) is 30.3 Å². The van der Waals surface area contributed by atoms with Crippen molar-refractivity contribution in [2.24, 2.45) is 0 Å². The van der Waals surface area contributed by atoms with Gasteiger partial charge in [-0.05, 0) is 60.7 Å². The van der Waals surface area contributed by atoms with Crippen molar-refractivity contribution < 1.29 is 17.6 Å². The zero-order valence-corrected chi connectivity index (χ0v) is 17.6. The molecule has 4 rings (SSSR count). The number of carbonyl (C=O) groups is 1. The lowest BCUT2D eigenvalue weighted by atomic mass is 10.2. The smallest absolute Gasteiger partial charge is 0.324 e. The van der Waals surface area contributed by atoms with Crippen molar-refractivity contribution in [3.05, 3.63) is 101 Å². The number of rotatable bonds is 7. The summed E-state index contributed by atoms with van der Waals surface area (Å²) < 4.78 is 38.5. The van der Waals surface area contributed by atoms with E-state index in [1.165, 1.54) is 48.5 Å². The van der Waals surface area contributed by atoms with E-state index in [2.05, 4.69) is 20.8 Å². The van der Waals surface area contributed by atoms with Crippen LogP contribution in [0.25, 0.3) is 5.69 Å². The van der Waals surface area contributed by atoms with Gasteiger partial charge in [0.1, 0.15) is 5.82 Å². The van der Waals surface area contributed by atoms with Gasteiger partial charge in [0.15, 0.2) is 0 Å². The average Bonchev–Trinajstić information content (AvgIpc) is 3.19. The molecule has 0 atom stereocenters. The zero-order chi connectivity index (χ0) is 23.4. The number of nitrogens with zero attached hydrogens (tertiary/aromatic N) is 2. The molecule has 4 aromatic rings. The van der Waals surface area contributed by atoms with Gasteiger partial charge in [0.2, 0.25) is 5.95 Å². The molecule has 168 valence electrons. The van der Waals surface area contributed by atoms with Crippen LogP contribution in [0.1, 0.15) is 10.4 Å². The van der Waals surface area contributed by atoms with Crippen LogP contribution in [-0.2, 0) is 10.0 Å². The molecule has 33 heavy (non-hydrogen) atoms. The van der Waals surface area contributed by atoms with Gasteiger partial charge in [-0.3, -0.25) is 15.2 Å². The summed E-state index contributed by atoms with van der Waals surface area (Å²) in [5.74, 6) is -0.954. The van der Waals surface area contributed by atoms with Crippen molar-refractivity contribution in [1.82, 2.24) is 25.0 Å². The second kappa shape index (κ2) is 9.06. The number of hydrazine groups is 1. The summed E-state index contributed by atoms with van der Waals surface area (Å²) in [5, 5.41) is 6.99. The molecule has 0 aliphatic rings. The summed E-state index contributed by atoms with van der Waals surface area (Å²) in [4.78, 5) is 29.0. The second-order valence-corrected chi connectivity index (χ2v) is 8.42. The van der Waals surface area contributed by atoms with E-state index in [4.69, 9.17) is 0 Å². The van der Waals surface area contributed by atoms with E-state index in [0.29, 0.717) is 11.4 Å². The van der Waals surface area contributed by atoms with Crippen molar-refractivity contribution in [1.29, 1.82) is 0 Å². The van der Waals surface area contributed by atoms with Gasteiger partial charge >= 0.3 is 5.69 Å². The minimum atomic E-state index is -3.90. The van der Waals surface area contributed by atoms with Crippen molar-refractivity contribution in [2.45, 2.75) is 4.90 Å². The van der Waals surface area contributed by atoms with Gasteiger partial charge in [0.25, 0.3) is 15.9 Å². The Kier molecular flexibility index (Phi) is 6.02. The fourth-order valence-corrected chi connectivity index (χ4v) is 3.68. The Hall–Kier alpha value is -4.29. The molecule has 0 spiro atoms. The molecular formula is C21H17FN6O4S. The van der Waals surface area contributed by atoms with Crippen LogP contribution in [0, 0.1) is 5.82 Å². The number of amides is 1. The maximum atomic E-state index is 13.1. The maximum absolute atomic E-state index is 13.1. The molecule has 0 unspecified atom stereocenters. The monoisotopic (exact) mass is 468 g/mol. The number of nitrogens with one attached hydrogen (secondary N) is 4. The first-order valence-electron chi connectivity index (χ1n) is 9.51. The Bertz CT molecular complexity index is 1430. The minimum absolute atomic E-state index is 0.0129. The third kappa shape index (κ3) is 5.14. The number of aromatic amines is 1. The summed E-state index contributed by atoms with van der Waals surface area (Å²) >= 11 is 0. The number of hydrogen-bond donors (Lipinski definition) is 4. The highest BCUT2D eigenvalue weighted by Crippen LogP contribution is 2.14. The Labute approximate surface area is 187 Å². The number of aromatic nitrogens is 3. The van der Waals surface area contributed by atoms with Gasteiger partial charge in [-0.25, -0.2) is 17.6 Å². The van der Waals surface area contributed by atoms with Gasteiger partial charge < -0.3 is 5.32 Å². The van der Waals surface area contributed by atoms with Crippen LogP contribution in [0.5, 0.6) is 0 Å². The highest BCUT2D eigenvalue weighted by molar-refractivity contribution is 7.89. The summed E-state index contributed by atoms with van der Waals surface area (Å²) in [6.07, 6.45) is 0. The summed E-state index contributed by atoms with van der Waals surface area (Å²) in [6, 6.07) is 18.9. The third-order valence-corrected chi connectivity index (χ3v) is 5.71. The predicted molar refractivity (Wildman–Crippen MR) is 118 cm³/mol. The van der Waals surface area contributed by atoms with E-state index in [-0.39, 0.29) is 16.4 Å². The molecule has 10 nitrogen and oxygen atoms in total. The number of hydrogen-bond acceptors (Lipinski definition) is 6. The third-order valence-electron chi connectivity index (χ3n) is 4.45. The summed E-state index contributed by atoms with van der Waals surface area (Å²) in [5.41, 5.74) is 2.72. The number of benzene rings is 3. The normalized spacial score (nSPS) is 11.2. The summed E-state index contributed by atoms with van der Waals surface area (Å²) in [7, 11) is -3.90. The van der Waals surface area contributed by atoms with Crippen LogP contribution >= 0.6 is 0 Å². The summed E-state index contributed by atoms with van der Waals surface area (Å²) in [6.45, 7) is 0. The van der Waals surface area contributed by atoms with Gasteiger partial charge in [-0.2, -0.15) is 4.68 Å². The van der Waals surface area contributed by atoms with Crippen LogP contribution in [0.15, 0.2) is 88.6 Å². The lowest BCUT2D eigenvalue weighted by Gasteiger charge is -2.09. The molecule has 0 aliphatic heterocycles. The molecule has 0 fully saturated rings. The van der Waals surface area contributed by atoms with Crippen LogP contribution in [-0.4, -0.2) is 29.1 Å². The van der Waals surface area contributed by atoms with E-state index in [0.717, 1.165) is 4.68 Å². The largest absolute Gasteiger partial charge is 0.349 e. The number of halogens is 1. The van der Waals surface area contributed by atoms with Crippen LogP contribution in [0.3, 0.4) is 0 Å². The molecule has 1 heterocycles. The van der Waals surface area contributed by atoms with E-state index < -0.39 is 27.4 Å². The van der Waals surface area contributed by atoms with E-state index in [9.17, 15) is 22.4 Å². The second-order valence-electron chi connectivity index (χ2n) is 6.74. The molecule has 0 bridgehead atoms. The highest BCUT2D eigenvalue weighted by atomic mass is 32.2. The number of sulfonamides is 1. The number of carbonyl (C=O) groups excluding carboxylic acids is 1. The quantitative estimate of drug-likeness (QED) is 0.306.